The highest BCUT2D eigenvalue weighted by molar-refractivity contribution is 8.26. The second-order valence-electron chi connectivity index (χ2n) is 8.12. The molecule has 0 saturated carbocycles. The minimum absolute atomic E-state index is 0.00968. The van der Waals surface area contributed by atoms with Crippen LogP contribution < -0.4 is 15.6 Å². The lowest BCUT2D eigenvalue weighted by Gasteiger charge is -2.21. The molecule has 7 nitrogen and oxygen atoms in total. The number of amides is 1. The van der Waals surface area contributed by atoms with Crippen molar-refractivity contribution in [2.24, 2.45) is 0 Å². The molecule has 1 fully saturated rings. The highest BCUT2D eigenvalue weighted by Crippen LogP contribution is 2.35. The minimum Gasteiger partial charge on any atom is -0.497 e. The van der Waals surface area contributed by atoms with Gasteiger partial charge in [0.25, 0.3) is 11.5 Å². The first-order valence-electron chi connectivity index (χ1n) is 11.0. The fourth-order valence-corrected chi connectivity index (χ4v) is 5.07. The van der Waals surface area contributed by atoms with E-state index in [4.69, 9.17) is 21.9 Å². The number of methoxy groups -OCH3 is 1. The fourth-order valence-electron chi connectivity index (χ4n) is 3.63. The molecule has 0 unspecified atom stereocenters. The number of nitrogens with zero attached hydrogens (tertiary/aromatic N) is 3. The van der Waals surface area contributed by atoms with Crippen LogP contribution in [0.4, 0.5) is 5.82 Å². The van der Waals surface area contributed by atoms with Crippen molar-refractivity contribution in [2.45, 2.75) is 39.8 Å². The maximum atomic E-state index is 13.5. The van der Waals surface area contributed by atoms with Crippen molar-refractivity contribution in [1.82, 2.24) is 14.3 Å². The van der Waals surface area contributed by atoms with E-state index in [1.54, 1.807) is 24.3 Å². The molecule has 0 spiro atoms. The van der Waals surface area contributed by atoms with Gasteiger partial charge >= 0.3 is 0 Å². The predicted octanol–water partition coefficient (Wildman–Crippen LogP) is 4.62. The number of pyridine rings is 1. The second-order valence-corrected chi connectivity index (χ2v) is 9.80. The number of nitrogens with one attached hydrogen (secondary N) is 1. The van der Waals surface area contributed by atoms with Crippen molar-refractivity contribution in [3.8, 4) is 5.75 Å². The van der Waals surface area contributed by atoms with Gasteiger partial charge in [0.15, 0.2) is 0 Å². The van der Waals surface area contributed by atoms with Gasteiger partial charge in [-0.2, -0.15) is 0 Å². The molecule has 3 heterocycles. The minimum atomic E-state index is -0.250. The van der Waals surface area contributed by atoms with Crippen LogP contribution in [0.1, 0.15) is 37.0 Å². The molecule has 1 saturated heterocycles. The molecule has 0 bridgehead atoms. The molecule has 34 heavy (non-hydrogen) atoms. The molecule has 3 aromatic rings. The summed E-state index contributed by atoms with van der Waals surface area (Å²) in [6.45, 7) is 6.34. The zero-order chi connectivity index (χ0) is 24.4. The van der Waals surface area contributed by atoms with Gasteiger partial charge < -0.3 is 10.1 Å². The summed E-state index contributed by atoms with van der Waals surface area (Å²) in [7, 11) is 1.62. The van der Waals surface area contributed by atoms with Gasteiger partial charge in [0.2, 0.25) is 0 Å². The summed E-state index contributed by atoms with van der Waals surface area (Å²) in [5.41, 5.74) is 2.53. The van der Waals surface area contributed by atoms with Crippen molar-refractivity contribution in [1.29, 1.82) is 0 Å². The van der Waals surface area contributed by atoms with Crippen LogP contribution in [0.3, 0.4) is 0 Å². The van der Waals surface area contributed by atoms with E-state index in [0.717, 1.165) is 23.3 Å². The molecule has 4 rings (SSSR count). The summed E-state index contributed by atoms with van der Waals surface area (Å²) in [5.74, 6) is 1.00. The van der Waals surface area contributed by atoms with Gasteiger partial charge in [-0.25, -0.2) is 4.98 Å². The van der Waals surface area contributed by atoms with E-state index in [-0.39, 0.29) is 17.5 Å². The van der Waals surface area contributed by atoms with Crippen LogP contribution in [-0.4, -0.2) is 37.7 Å². The standard InChI is InChI=1S/C25H26N4O3S2/c1-5-16(3)29-24(31)20(34-25(29)33)12-19-22(26-13-17-7-9-18(32-4)10-8-17)27-21-11-6-15(2)14-28(21)23(19)30/h6-12,14,16,26H,5,13H2,1-4H3/b20-12-/t16-/m0/s1. The van der Waals surface area contributed by atoms with Crippen molar-refractivity contribution in [2.75, 3.05) is 12.4 Å². The molecule has 176 valence electrons. The van der Waals surface area contributed by atoms with E-state index in [1.807, 2.05) is 57.2 Å². The molecule has 1 aliphatic rings. The summed E-state index contributed by atoms with van der Waals surface area (Å²) in [5, 5.41) is 3.28. The molecule has 9 heteroatoms. The number of benzene rings is 1. The maximum absolute atomic E-state index is 13.5. The fraction of sp³-hybridized carbons (Fsp3) is 0.280. The Morgan fingerprint density at radius 2 is 1.94 bits per heavy atom. The van der Waals surface area contributed by atoms with Crippen LogP contribution in [-0.2, 0) is 11.3 Å². The number of carbonyl (C=O) groups excluding carboxylic acids is 1. The average Bonchev–Trinajstić information content (AvgIpc) is 3.12. The Balaban J connectivity index is 1.76. The van der Waals surface area contributed by atoms with Crippen LogP contribution in [0.25, 0.3) is 11.7 Å². The molecule has 1 N–H and O–H groups in total. The van der Waals surface area contributed by atoms with E-state index in [9.17, 15) is 9.59 Å². The van der Waals surface area contributed by atoms with Gasteiger partial charge in [-0.3, -0.25) is 18.9 Å². The lowest BCUT2D eigenvalue weighted by molar-refractivity contribution is -0.123. The number of rotatable bonds is 7. The van der Waals surface area contributed by atoms with E-state index < -0.39 is 0 Å². The highest BCUT2D eigenvalue weighted by atomic mass is 32.2. The summed E-state index contributed by atoms with van der Waals surface area (Å²) in [6, 6.07) is 11.4. The van der Waals surface area contributed by atoms with Gasteiger partial charge in [-0.05, 0) is 55.7 Å². The number of anilines is 1. The first-order valence-corrected chi connectivity index (χ1v) is 12.2. The Morgan fingerprint density at radius 1 is 1.21 bits per heavy atom. The summed E-state index contributed by atoms with van der Waals surface area (Å²) >= 11 is 6.67. The van der Waals surface area contributed by atoms with Crippen LogP contribution in [0, 0.1) is 6.92 Å². The third kappa shape index (κ3) is 4.71. The van der Waals surface area contributed by atoms with Gasteiger partial charge in [0, 0.05) is 18.8 Å². The Morgan fingerprint density at radius 3 is 2.62 bits per heavy atom. The van der Waals surface area contributed by atoms with E-state index >= 15 is 0 Å². The average molecular weight is 495 g/mol. The molecule has 1 aliphatic heterocycles. The summed E-state index contributed by atoms with van der Waals surface area (Å²) in [6.07, 6.45) is 4.15. The number of aromatic nitrogens is 2. The smallest absolute Gasteiger partial charge is 0.267 e. The number of carbonyl (C=O) groups is 1. The van der Waals surface area contributed by atoms with Crippen molar-refractivity contribution in [3.05, 3.63) is 74.5 Å². The van der Waals surface area contributed by atoms with Crippen LogP contribution >= 0.6 is 24.0 Å². The third-order valence-electron chi connectivity index (χ3n) is 5.76. The molecular formula is C25H26N4O3S2. The van der Waals surface area contributed by atoms with Crippen LogP contribution in [0.2, 0.25) is 0 Å². The Labute approximate surface area is 207 Å². The van der Waals surface area contributed by atoms with E-state index in [0.29, 0.717) is 32.8 Å². The van der Waals surface area contributed by atoms with Crippen LogP contribution in [0.15, 0.2) is 52.3 Å². The van der Waals surface area contributed by atoms with E-state index in [2.05, 4.69) is 5.32 Å². The van der Waals surface area contributed by atoms with Crippen molar-refractivity contribution in [3.63, 3.8) is 0 Å². The predicted molar refractivity (Wildman–Crippen MR) is 141 cm³/mol. The number of thiocarbonyl (C=S) groups is 1. The number of hydrogen-bond donors (Lipinski definition) is 1. The lowest BCUT2D eigenvalue weighted by atomic mass is 10.2. The number of hydrogen-bond acceptors (Lipinski definition) is 7. The number of aryl methyl sites for hydroxylation is 1. The Hall–Kier alpha value is -3.17. The molecule has 0 aliphatic carbocycles. The Kier molecular flexibility index (Phi) is 7.04. The van der Waals surface area contributed by atoms with Crippen molar-refractivity contribution < 1.29 is 9.53 Å². The second kappa shape index (κ2) is 9.99. The molecular weight excluding hydrogens is 468 g/mol. The third-order valence-corrected chi connectivity index (χ3v) is 7.09. The first kappa shape index (κ1) is 24.0. The normalized spacial score (nSPS) is 15.9. The quantitative estimate of drug-likeness (QED) is 0.379. The number of ether oxygens (including phenoxy) is 1. The van der Waals surface area contributed by atoms with Gasteiger partial charge in [-0.1, -0.05) is 49.1 Å². The monoisotopic (exact) mass is 494 g/mol. The molecule has 1 amide bonds. The van der Waals surface area contributed by atoms with Crippen LogP contribution in [0.5, 0.6) is 5.75 Å². The van der Waals surface area contributed by atoms with Crippen molar-refractivity contribution >= 4 is 51.7 Å². The zero-order valence-corrected chi connectivity index (χ0v) is 21.1. The zero-order valence-electron chi connectivity index (χ0n) is 19.5. The largest absolute Gasteiger partial charge is 0.497 e. The molecule has 2 aromatic heterocycles. The first-order chi connectivity index (χ1) is 16.3. The van der Waals surface area contributed by atoms with E-state index in [1.165, 1.54) is 16.2 Å². The molecule has 1 aromatic carbocycles. The molecule has 0 radical (unpaired) electrons. The topological polar surface area (TPSA) is 75.9 Å². The number of thioether (sulfide) groups is 1. The van der Waals surface area contributed by atoms with Gasteiger partial charge in [0.05, 0.1) is 17.6 Å². The maximum Gasteiger partial charge on any atom is 0.267 e. The van der Waals surface area contributed by atoms with Gasteiger partial charge in [0.1, 0.15) is 21.5 Å². The summed E-state index contributed by atoms with van der Waals surface area (Å²) in [4.78, 5) is 33.3. The number of fused-ring (bicyclic) bond motifs is 1. The lowest BCUT2D eigenvalue weighted by Crippen LogP contribution is -2.36. The summed E-state index contributed by atoms with van der Waals surface area (Å²) < 4.78 is 7.23. The Bertz CT molecular complexity index is 1350. The molecule has 1 atom stereocenters. The van der Waals surface area contributed by atoms with Gasteiger partial charge in [-0.15, -0.1) is 0 Å². The SMILES string of the molecule is CC[C@H](C)N1C(=O)/C(=C/c2c(NCc3ccc(OC)cc3)nc3ccc(C)cn3c2=O)SC1=S. The highest BCUT2D eigenvalue weighted by Gasteiger charge is 2.35.